The lowest BCUT2D eigenvalue weighted by Gasteiger charge is -2.28. The summed E-state index contributed by atoms with van der Waals surface area (Å²) in [5, 5.41) is 3.80. The minimum Gasteiger partial charge on any atom is -0.482 e. The molecule has 2 heterocycles. The molecular weight excluding hydrogens is 434 g/mol. The van der Waals surface area contributed by atoms with Crippen LogP contribution >= 0.6 is 0 Å². The largest absolute Gasteiger partial charge is 0.482 e. The number of carbonyl (C=O) groups is 1. The van der Waals surface area contributed by atoms with Gasteiger partial charge in [0.1, 0.15) is 17.4 Å². The molecule has 1 aliphatic heterocycles. The third-order valence-corrected chi connectivity index (χ3v) is 5.83. The summed E-state index contributed by atoms with van der Waals surface area (Å²) in [5.41, 5.74) is -0.373. The molecule has 9 nitrogen and oxygen atoms in total. The highest BCUT2D eigenvalue weighted by Crippen LogP contribution is 2.35. The minimum absolute atomic E-state index is 0.0614. The van der Waals surface area contributed by atoms with Gasteiger partial charge in [-0.05, 0) is 30.3 Å². The van der Waals surface area contributed by atoms with Gasteiger partial charge in [0.25, 0.3) is 15.9 Å². The second-order valence-corrected chi connectivity index (χ2v) is 8.27. The van der Waals surface area contributed by atoms with Gasteiger partial charge in [-0.15, -0.1) is 0 Å². The van der Waals surface area contributed by atoms with Crippen LogP contribution in [0.3, 0.4) is 0 Å². The molecule has 1 N–H and O–H groups in total. The third kappa shape index (κ3) is 4.19. The second-order valence-electron chi connectivity index (χ2n) is 6.59. The zero-order valence-corrected chi connectivity index (χ0v) is 16.9. The summed E-state index contributed by atoms with van der Waals surface area (Å²) in [6.45, 7) is 1.52. The standard InChI is InChI=1S/C19H16F2N4O5S/c1-2-18-22-17(23-30-18)9-25-15-8-12(4-6-16(15)29-10-19(25)26)31(27,28)24-14-7-11(20)3-5-13(14)21/h3-8,24H,2,9-10H2,1H3. The summed E-state index contributed by atoms with van der Waals surface area (Å²) in [7, 11) is -4.30. The molecule has 0 radical (unpaired) electrons. The molecule has 0 bridgehead atoms. The Bertz CT molecular complexity index is 1260. The van der Waals surface area contributed by atoms with E-state index in [9.17, 15) is 22.0 Å². The van der Waals surface area contributed by atoms with Crippen LogP contribution in [-0.2, 0) is 27.8 Å². The van der Waals surface area contributed by atoms with Gasteiger partial charge in [-0.2, -0.15) is 4.98 Å². The van der Waals surface area contributed by atoms with E-state index in [1.165, 1.54) is 23.1 Å². The van der Waals surface area contributed by atoms with E-state index >= 15 is 0 Å². The predicted molar refractivity (Wildman–Crippen MR) is 104 cm³/mol. The van der Waals surface area contributed by atoms with Crippen molar-refractivity contribution in [2.75, 3.05) is 16.2 Å². The maximum absolute atomic E-state index is 13.9. The number of carbonyl (C=O) groups excluding carboxylic acids is 1. The number of nitrogens with one attached hydrogen (secondary N) is 1. The summed E-state index contributed by atoms with van der Waals surface area (Å²) in [6.07, 6.45) is 0.519. The molecule has 0 atom stereocenters. The van der Waals surface area contributed by atoms with Crippen molar-refractivity contribution in [3.05, 3.63) is 59.7 Å². The number of nitrogens with zero attached hydrogens (tertiary/aromatic N) is 3. The molecule has 4 rings (SSSR count). The van der Waals surface area contributed by atoms with Gasteiger partial charge >= 0.3 is 0 Å². The van der Waals surface area contributed by atoms with Crippen LogP contribution in [0.15, 0.2) is 45.8 Å². The number of rotatable bonds is 6. The Hall–Kier alpha value is -3.54. The van der Waals surface area contributed by atoms with Crippen LogP contribution in [0.5, 0.6) is 5.75 Å². The Labute approximate surface area is 175 Å². The number of aromatic nitrogens is 2. The molecule has 0 fully saturated rings. The lowest BCUT2D eigenvalue weighted by atomic mass is 10.2. The molecule has 0 aliphatic carbocycles. The van der Waals surface area contributed by atoms with Crippen molar-refractivity contribution in [2.24, 2.45) is 0 Å². The van der Waals surface area contributed by atoms with Crippen LogP contribution in [0, 0.1) is 11.6 Å². The number of sulfonamides is 1. The van der Waals surface area contributed by atoms with Gasteiger partial charge in [-0.25, -0.2) is 17.2 Å². The Balaban J connectivity index is 1.67. The van der Waals surface area contributed by atoms with Crippen molar-refractivity contribution in [1.82, 2.24) is 10.1 Å². The van der Waals surface area contributed by atoms with Crippen molar-refractivity contribution in [2.45, 2.75) is 24.8 Å². The molecule has 0 saturated carbocycles. The minimum atomic E-state index is -4.30. The highest BCUT2D eigenvalue weighted by molar-refractivity contribution is 7.92. The van der Waals surface area contributed by atoms with E-state index in [1.807, 2.05) is 11.6 Å². The first-order valence-corrected chi connectivity index (χ1v) is 10.6. The summed E-state index contributed by atoms with van der Waals surface area (Å²) < 4.78 is 65.2. The first-order chi connectivity index (χ1) is 14.8. The van der Waals surface area contributed by atoms with Crippen molar-refractivity contribution >= 4 is 27.3 Å². The van der Waals surface area contributed by atoms with Gasteiger partial charge in [-0.3, -0.25) is 14.4 Å². The summed E-state index contributed by atoms with van der Waals surface area (Å²) in [6, 6.07) is 6.21. The average Bonchev–Trinajstić information content (AvgIpc) is 3.20. The van der Waals surface area contributed by atoms with Crippen molar-refractivity contribution < 1.29 is 31.3 Å². The molecular formula is C19H16F2N4O5S. The smallest absolute Gasteiger partial charge is 0.265 e. The van der Waals surface area contributed by atoms with Gasteiger partial charge in [0.2, 0.25) is 5.89 Å². The Morgan fingerprint density at radius 3 is 2.74 bits per heavy atom. The van der Waals surface area contributed by atoms with Crippen molar-refractivity contribution in [1.29, 1.82) is 0 Å². The number of anilines is 2. The van der Waals surface area contributed by atoms with E-state index in [-0.39, 0.29) is 35.3 Å². The van der Waals surface area contributed by atoms with E-state index in [2.05, 4.69) is 10.1 Å². The fourth-order valence-electron chi connectivity index (χ4n) is 2.94. The van der Waals surface area contributed by atoms with Crippen molar-refractivity contribution in [3.63, 3.8) is 0 Å². The molecule has 12 heteroatoms. The number of ether oxygens (including phenoxy) is 1. The molecule has 0 spiro atoms. The van der Waals surface area contributed by atoms with E-state index in [4.69, 9.17) is 9.26 Å². The molecule has 1 aromatic heterocycles. The first-order valence-electron chi connectivity index (χ1n) is 9.13. The number of aryl methyl sites for hydroxylation is 1. The zero-order chi connectivity index (χ0) is 22.2. The van der Waals surface area contributed by atoms with Crippen LogP contribution in [0.4, 0.5) is 20.2 Å². The highest BCUT2D eigenvalue weighted by Gasteiger charge is 2.29. The SMILES string of the molecule is CCc1nc(CN2C(=O)COc3ccc(S(=O)(=O)Nc4cc(F)ccc4F)cc32)no1. The Morgan fingerprint density at radius 1 is 1.19 bits per heavy atom. The zero-order valence-electron chi connectivity index (χ0n) is 16.1. The summed E-state index contributed by atoms with van der Waals surface area (Å²) in [4.78, 5) is 17.6. The fraction of sp³-hybridized carbons (Fsp3) is 0.211. The predicted octanol–water partition coefficient (Wildman–Crippen LogP) is 2.64. The second kappa shape index (κ2) is 7.95. The summed E-state index contributed by atoms with van der Waals surface area (Å²) in [5.74, 6) is -1.27. The highest BCUT2D eigenvalue weighted by atomic mass is 32.2. The lowest BCUT2D eigenvalue weighted by molar-refractivity contribution is -0.121. The van der Waals surface area contributed by atoms with E-state index < -0.39 is 33.3 Å². The third-order valence-electron chi connectivity index (χ3n) is 4.47. The quantitative estimate of drug-likeness (QED) is 0.614. The van der Waals surface area contributed by atoms with E-state index in [0.29, 0.717) is 12.3 Å². The number of halogens is 2. The van der Waals surface area contributed by atoms with Gasteiger partial charge in [0.05, 0.1) is 22.8 Å². The average molecular weight is 450 g/mol. The topological polar surface area (TPSA) is 115 Å². The lowest BCUT2D eigenvalue weighted by Crippen LogP contribution is -2.38. The monoisotopic (exact) mass is 450 g/mol. The first kappa shape index (κ1) is 20.7. The molecule has 2 aromatic carbocycles. The van der Waals surface area contributed by atoms with Gasteiger partial charge in [-0.1, -0.05) is 12.1 Å². The Kier molecular flexibility index (Phi) is 5.31. The van der Waals surface area contributed by atoms with Crippen LogP contribution in [0.1, 0.15) is 18.6 Å². The Morgan fingerprint density at radius 2 is 2.00 bits per heavy atom. The normalized spacial score (nSPS) is 13.6. The fourth-order valence-corrected chi connectivity index (χ4v) is 4.02. The molecule has 1 amide bonds. The van der Waals surface area contributed by atoms with Crippen LogP contribution in [-0.4, -0.2) is 31.1 Å². The maximum atomic E-state index is 13.9. The molecule has 0 saturated heterocycles. The van der Waals surface area contributed by atoms with Crippen LogP contribution in [0.25, 0.3) is 0 Å². The molecule has 31 heavy (non-hydrogen) atoms. The van der Waals surface area contributed by atoms with Gasteiger partial charge in [0.15, 0.2) is 12.4 Å². The number of amides is 1. The number of benzene rings is 2. The van der Waals surface area contributed by atoms with E-state index in [0.717, 1.165) is 18.2 Å². The molecule has 0 unspecified atom stereocenters. The number of hydrogen-bond acceptors (Lipinski definition) is 7. The van der Waals surface area contributed by atoms with Crippen molar-refractivity contribution in [3.8, 4) is 5.75 Å². The van der Waals surface area contributed by atoms with Gasteiger partial charge < -0.3 is 9.26 Å². The summed E-state index contributed by atoms with van der Waals surface area (Å²) >= 11 is 0. The molecule has 3 aromatic rings. The van der Waals surface area contributed by atoms with Crippen LogP contribution in [0.2, 0.25) is 0 Å². The molecule has 162 valence electrons. The maximum Gasteiger partial charge on any atom is 0.265 e. The van der Waals surface area contributed by atoms with Crippen LogP contribution < -0.4 is 14.4 Å². The van der Waals surface area contributed by atoms with Gasteiger partial charge in [0, 0.05) is 12.5 Å². The number of fused-ring (bicyclic) bond motifs is 1. The number of hydrogen-bond donors (Lipinski definition) is 1. The molecule has 1 aliphatic rings. The van der Waals surface area contributed by atoms with E-state index in [1.54, 1.807) is 0 Å².